The van der Waals surface area contributed by atoms with Crippen LogP contribution in [0.2, 0.25) is 5.15 Å². The van der Waals surface area contributed by atoms with Gasteiger partial charge in [-0.05, 0) is 37.1 Å². The van der Waals surface area contributed by atoms with E-state index in [4.69, 9.17) is 22.6 Å². The topological polar surface area (TPSA) is 75.6 Å². The van der Waals surface area contributed by atoms with E-state index >= 15 is 0 Å². The standard InChI is InChI=1S/C14H13ClN4.C2H6/c1-8-5-10(7-16)3-4-11(8)6-12-9(2)18-14(17)19-13(12)15;1-2/h3-5H,6H2,1-2H3,(H2,17,18,19);1-2H3. The minimum Gasteiger partial charge on any atom is -0.368 e. The Bertz CT molecular complexity index is 651. The Labute approximate surface area is 130 Å². The molecule has 2 N–H and O–H groups in total. The number of anilines is 1. The van der Waals surface area contributed by atoms with Crippen LogP contribution in [0.25, 0.3) is 0 Å². The first-order valence-electron chi connectivity index (χ1n) is 6.79. The summed E-state index contributed by atoms with van der Waals surface area (Å²) < 4.78 is 0. The van der Waals surface area contributed by atoms with Crippen molar-refractivity contribution in [3.63, 3.8) is 0 Å². The third kappa shape index (κ3) is 4.17. The molecule has 0 amide bonds. The summed E-state index contributed by atoms with van der Waals surface area (Å²) in [5.74, 6) is 0.183. The number of nitrogens with two attached hydrogens (primary N) is 1. The van der Waals surface area contributed by atoms with Crippen molar-refractivity contribution in [2.24, 2.45) is 0 Å². The molecule has 0 spiro atoms. The highest BCUT2D eigenvalue weighted by Crippen LogP contribution is 2.23. The fourth-order valence-corrected chi connectivity index (χ4v) is 2.23. The monoisotopic (exact) mass is 302 g/mol. The fraction of sp³-hybridized carbons (Fsp3) is 0.312. The molecule has 0 aliphatic rings. The Morgan fingerprint density at radius 2 is 1.90 bits per heavy atom. The van der Waals surface area contributed by atoms with Gasteiger partial charge >= 0.3 is 0 Å². The average molecular weight is 303 g/mol. The van der Waals surface area contributed by atoms with Crippen molar-refractivity contribution < 1.29 is 0 Å². The maximum absolute atomic E-state index is 8.86. The first-order valence-corrected chi connectivity index (χ1v) is 7.17. The van der Waals surface area contributed by atoms with Gasteiger partial charge < -0.3 is 5.73 Å². The Kier molecular flexibility index (Phi) is 6.13. The number of nitriles is 1. The van der Waals surface area contributed by atoms with E-state index in [-0.39, 0.29) is 5.95 Å². The van der Waals surface area contributed by atoms with Crippen molar-refractivity contribution in [2.45, 2.75) is 34.1 Å². The summed E-state index contributed by atoms with van der Waals surface area (Å²) in [6.07, 6.45) is 0.627. The largest absolute Gasteiger partial charge is 0.368 e. The molecule has 0 saturated heterocycles. The molecule has 2 aromatic rings. The maximum atomic E-state index is 8.86. The van der Waals surface area contributed by atoms with Gasteiger partial charge in [-0.2, -0.15) is 5.26 Å². The lowest BCUT2D eigenvalue weighted by Gasteiger charge is -2.10. The van der Waals surface area contributed by atoms with Gasteiger partial charge in [0.15, 0.2) is 0 Å². The smallest absolute Gasteiger partial charge is 0.221 e. The number of rotatable bonds is 2. The lowest BCUT2D eigenvalue weighted by Crippen LogP contribution is -2.04. The summed E-state index contributed by atoms with van der Waals surface area (Å²) in [7, 11) is 0. The minimum absolute atomic E-state index is 0.183. The molecule has 1 aromatic carbocycles. The van der Waals surface area contributed by atoms with Crippen molar-refractivity contribution in [2.75, 3.05) is 5.73 Å². The second kappa shape index (κ2) is 7.61. The van der Waals surface area contributed by atoms with E-state index in [1.54, 1.807) is 6.07 Å². The Morgan fingerprint density at radius 3 is 2.43 bits per heavy atom. The van der Waals surface area contributed by atoms with E-state index in [0.717, 1.165) is 22.4 Å². The number of nitrogen functional groups attached to an aromatic ring is 1. The predicted octanol–water partition coefficient (Wildman–Crippen LogP) is 3.82. The highest BCUT2D eigenvalue weighted by atomic mass is 35.5. The Balaban J connectivity index is 0.00000106. The molecule has 0 aliphatic heterocycles. The molecule has 21 heavy (non-hydrogen) atoms. The highest BCUT2D eigenvalue weighted by molar-refractivity contribution is 6.30. The predicted molar refractivity (Wildman–Crippen MR) is 86.2 cm³/mol. The van der Waals surface area contributed by atoms with Crippen molar-refractivity contribution in [1.29, 1.82) is 5.26 Å². The lowest BCUT2D eigenvalue weighted by molar-refractivity contribution is 1.02. The van der Waals surface area contributed by atoms with Crippen molar-refractivity contribution in [3.8, 4) is 6.07 Å². The average Bonchev–Trinajstić information content (AvgIpc) is 2.46. The van der Waals surface area contributed by atoms with Crippen molar-refractivity contribution in [1.82, 2.24) is 9.97 Å². The number of hydrogen-bond donors (Lipinski definition) is 1. The SMILES string of the molecule is CC.Cc1cc(C#N)ccc1Cc1c(C)nc(N)nc1Cl. The van der Waals surface area contributed by atoms with Crippen LogP contribution in [0.15, 0.2) is 18.2 Å². The van der Waals surface area contributed by atoms with E-state index in [0.29, 0.717) is 17.1 Å². The summed E-state index contributed by atoms with van der Waals surface area (Å²) in [6.45, 7) is 7.83. The number of benzene rings is 1. The van der Waals surface area contributed by atoms with Crippen molar-refractivity contribution >= 4 is 17.5 Å². The van der Waals surface area contributed by atoms with Gasteiger partial charge in [-0.25, -0.2) is 9.97 Å². The quantitative estimate of drug-likeness (QED) is 0.856. The zero-order valence-corrected chi connectivity index (χ0v) is 13.5. The number of aryl methyl sites for hydroxylation is 2. The molecule has 0 saturated carbocycles. The van der Waals surface area contributed by atoms with Gasteiger partial charge in [-0.3, -0.25) is 0 Å². The molecule has 5 heteroatoms. The van der Waals surface area contributed by atoms with E-state index in [2.05, 4.69) is 16.0 Å². The van der Waals surface area contributed by atoms with E-state index in [9.17, 15) is 0 Å². The molecule has 1 heterocycles. The first-order chi connectivity index (χ1) is 10.0. The summed E-state index contributed by atoms with van der Waals surface area (Å²) in [4.78, 5) is 8.10. The van der Waals surface area contributed by atoms with Crippen LogP contribution in [0.5, 0.6) is 0 Å². The van der Waals surface area contributed by atoms with E-state index in [1.165, 1.54) is 0 Å². The van der Waals surface area contributed by atoms with Gasteiger partial charge in [0.2, 0.25) is 5.95 Å². The summed E-state index contributed by atoms with van der Waals surface area (Å²) in [6, 6.07) is 7.71. The Hall–Kier alpha value is -2.12. The molecule has 1 aromatic heterocycles. The van der Waals surface area contributed by atoms with E-state index in [1.807, 2.05) is 39.8 Å². The van der Waals surface area contributed by atoms with Gasteiger partial charge in [0.05, 0.1) is 11.6 Å². The molecular formula is C16H19ClN4. The Morgan fingerprint density at radius 1 is 1.24 bits per heavy atom. The van der Waals surface area contributed by atoms with E-state index < -0.39 is 0 Å². The van der Waals surface area contributed by atoms with Crippen LogP contribution in [-0.4, -0.2) is 9.97 Å². The van der Waals surface area contributed by atoms with Crippen molar-refractivity contribution in [3.05, 3.63) is 51.3 Å². The minimum atomic E-state index is 0.183. The molecule has 0 bridgehead atoms. The third-order valence-corrected chi connectivity index (χ3v) is 3.33. The van der Waals surface area contributed by atoms with Crippen LogP contribution in [0.3, 0.4) is 0 Å². The number of halogens is 1. The molecular weight excluding hydrogens is 284 g/mol. The van der Waals surface area contributed by atoms with Crippen LogP contribution < -0.4 is 5.73 Å². The zero-order chi connectivity index (χ0) is 16.0. The summed E-state index contributed by atoms with van der Waals surface area (Å²) >= 11 is 6.11. The van der Waals surface area contributed by atoms with Gasteiger partial charge in [0.25, 0.3) is 0 Å². The van der Waals surface area contributed by atoms with Gasteiger partial charge in [0, 0.05) is 17.7 Å². The maximum Gasteiger partial charge on any atom is 0.221 e. The second-order valence-electron chi connectivity index (χ2n) is 4.37. The van der Waals surface area contributed by atoms with Crippen LogP contribution >= 0.6 is 11.6 Å². The van der Waals surface area contributed by atoms with Gasteiger partial charge in [0.1, 0.15) is 5.15 Å². The normalized spacial score (nSPS) is 9.52. The molecule has 0 fully saturated rings. The van der Waals surface area contributed by atoms with Crippen LogP contribution in [0.4, 0.5) is 5.95 Å². The lowest BCUT2D eigenvalue weighted by atomic mass is 9.99. The first kappa shape index (κ1) is 16.9. The zero-order valence-electron chi connectivity index (χ0n) is 12.7. The number of aromatic nitrogens is 2. The summed E-state index contributed by atoms with van der Waals surface area (Å²) in [5.41, 5.74) is 9.98. The number of hydrogen-bond acceptors (Lipinski definition) is 4. The molecule has 2 rings (SSSR count). The summed E-state index contributed by atoms with van der Waals surface area (Å²) in [5, 5.41) is 9.24. The number of nitrogens with zero attached hydrogens (tertiary/aromatic N) is 3. The van der Waals surface area contributed by atoms with Crippen LogP contribution in [0.1, 0.15) is 41.8 Å². The van der Waals surface area contributed by atoms with Gasteiger partial charge in [-0.1, -0.05) is 31.5 Å². The molecule has 0 unspecified atom stereocenters. The van der Waals surface area contributed by atoms with Gasteiger partial charge in [-0.15, -0.1) is 0 Å². The molecule has 4 nitrogen and oxygen atoms in total. The second-order valence-corrected chi connectivity index (χ2v) is 4.72. The fourth-order valence-electron chi connectivity index (χ4n) is 1.94. The van der Waals surface area contributed by atoms with Crippen LogP contribution in [0, 0.1) is 25.2 Å². The molecule has 110 valence electrons. The molecule has 0 atom stereocenters. The molecule has 0 aliphatic carbocycles. The third-order valence-electron chi connectivity index (χ3n) is 3.02. The van der Waals surface area contributed by atoms with Crippen LogP contribution in [-0.2, 0) is 6.42 Å². The molecule has 0 radical (unpaired) electrons. The highest BCUT2D eigenvalue weighted by Gasteiger charge is 2.11.